The predicted octanol–water partition coefficient (Wildman–Crippen LogP) is 7.40. The molecule has 0 aliphatic heterocycles. The van der Waals surface area contributed by atoms with Crippen molar-refractivity contribution in [3.05, 3.63) is 68.7 Å². The fourth-order valence-corrected chi connectivity index (χ4v) is 4.09. The van der Waals surface area contributed by atoms with Crippen molar-refractivity contribution >= 4 is 46.1 Å². The third-order valence-corrected chi connectivity index (χ3v) is 5.59. The molecule has 2 heterocycles. The molecule has 4 rings (SSSR count). The van der Waals surface area contributed by atoms with E-state index in [0.29, 0.717) is 26.5 Å². The van der Waals surface area contributed by atoms with E-state index in [1.54, 1.807) is 23.5 Å². The molecule has 0 N–H and O–H groups in total. The average Bonchev–Trinajstić information content (AvgIpc) is 3.22. The minimum atomic E-state index is 0.514. The van der Waals surface area contributed by atoms with E-state index in [0.717, 1.165) is 27.4 Å². The SMILES string of the molecule is Cc1onc(-c2ccc(Cl)cc2Cl)c1-c1csc(-c2ccc(Cl)cc2)n1. The summed E-state index contributed by atoms with van der Waals surface area (Å²) in [5, 5.41) is 8.85. The Morgan fingerprint density at radius 1 is 0.962 bits per heavy atom. The minimum absolute atomic E-state index is 0.514. The monoisotopic (exact) mass is 420 g/mol. The number of rotatable bonds is 3. The van der Waals surface area contributed by atoms with Crippen LogP contribution in [0.25, 0.3) is 33.1 Å². The third-order valence-electron chi connectivity index (χ3n) is 3.90. The Labute approximate surface area is 169 Å². The van der Waals surface area contributed by atoms with Crippen molar-refractivity contribution in [2.24, 2.45) is 0 Å². The second kappa shape index (κ2) is 7.05. The van der Waals surface area contributed by atoms with Crippen LogP contribution in [0.3, 0.4) is 0 Å². The maximum atomic E-state index is 6.35. The Morgan fingerprint density at radius 2 is 1.69 bits per heavy atom. The molecule has 0 aliphatic rings. The van der Waals surface area contributed by atoms with Crippen LogP contribution in [0.2, 0.25) is 15.1 Å². The maximum absolute atomic E-state index is 6.35. The number of benzene rings is 2. The Bertz CT molecular complexity index is 1090. The zero-order valence-corrected chi connectivity index (χ0v) is 16.5. The standard InChI is InChI=1S/C19H11Cl3N2OS/c1-10-17(18(24-25-10)14-7-6-13(21)8-15(14)22)16-9-26-19(23-16)11-2-4-12(20)5-3-11/h2-9H,1H3. The summed E-state index contributed by atoms with van der Waals surface area (Å²) in [4.78, 5) is 4.75. The van der Waals surface area contributed by atoms with Crippen molar-refractivity contribution in [1.82, 2.24) is 10.1 Å². The van der Waals surface area contributed by atoms with Crippen molar-refractivity contribution < 1.29 is 4.52 Å². The summed E-state index contributed by atoms with van der Waals surface area (Å²) in [5.41, 5.74) is 4.03. The van der Waals surface area contributed by atoms with E-state index in [1.807, 2.05) is 42.6 Å². The molecule has 0 spiro atoms. The van der Waals surface area contributed by atoms with Crippen LogP contribution < -0.4 is 0 Å². The van der Waals surface area contributed by atoms with E-state index in [-0.39, 0.29) is 0 Å². The highest BCUT2D eigenvalue weighted by Gasteiger charge is 2.21. The van der Waals surface area contributed by atoms with Gasteiger partial charge in [0.25, 0.3) is 0 Å². The van der Waals surface area contributed by atoms with Gasteiger partial charge in [-0.3, -0.25) is 0 Å². The first kappa shape index (κ1) is 17.6. The molecule has 26 heavy (non-hydrogen) atoms. The molecular formula is C19H11Cl3N2OS. The summed E-state index contributed by atoms with van der Waals surface area (Å²) >= 11 is 19.9. The Kier molecular flexibility index (Phi) is 4.76. The number of aryl methyl sites for hydroxylation is 1. The summed E-state index contributed by atoms with van der Waals surface area (Å²) in [6, 6.07) is 12.9. The van der Waals surface area contributed by atoms with Crippen molar-refractivity contribution in [3.8, 4) is 33.1 Å². The van der Waals surface area contributed by atoms with E-state index in [1.165, 1.54) is 0 Å². The van der Waals surface area contributed by atoms with Gasteiger partial charge in [0.05, 0.1) is 16.3 Å². The molecule has 0 bridgehead atoms. The molecule has 0 saturated carbocycles. The molecule has 2 aromatic heterocycles. The molecule has 3 nitrogen and oxygen atoms in total. The Balaban J connectivity index is 1.80. The van der Waals surface area contributed by atoms with Gasteiger partial charge in [0.1, 0.15) is 16.5 Å². The number of nitrogens with zero attached hydrogens (tertiary/aromatic N) is 2. The van der Waals surface area contributed by atoms with E-state index >= 15 is 0 Å². The smallest absolute Gasteiger partial charge is 0.143 e. The minimum Gasteiger partial charge on any atom is -0.360 e. The van der Waals surface area contributed by atoms with Crippen LogP contribution >= 0.6 is 46.1 Å². The van der Waals surface area contributed by atoms with Gasteiger partial charge in [0.2, 0.25) is 0 Å². The lowest BCUT2D eigenvalue weighted by molar-refractivity contribution is 0.400. The zero-order valence-electron chi connectivity index (χ0n) is 13.5. The molecule has 0 amide bonds. The van der Waals surface area contributed by atoms with Crippen LogP contribution in [0.4, 0.5) is 0 Å². The number of thiazole rings is 1. The van der Waals surface area contributed by atoms with E-state index in [9.17, 15) is 0 Å². The zero-order chi connectivity index (χ0) is 18.3. The van der Waals surface area contributed by atoms with Crippen LogP contribution in [-0.2, 0) is 0 Å². The van der Waals surface area contributed by atoms with Gasteiger partial charge in [-0.2, -0.15) is 0 Å². The second-order valence-electron chi connectivity index (χ2n) is 5.63. The Hall–Kier alpha value is -1.85. The summed E-state index contributed by atoms with van der Waals surface area (Å²) in [6.07, 6.45) is 0. The van der Waals surface area contributed by atoms with Crippen LogP contribution in [-0.4, -0.2) is 10.1 Å². The molecule has 2 aromatic carbocycles. The molecule has 4 aromatic rings. The van der Waals surface area contributed by atoms with Crippen molar-refractivity contribution in [3.63, 3.8) is 0 Å². The predicted molar refractivity (Wildman–Crippen MR) is 108 cm³/mol. The van der Waals surface area contributed by atoms with Crippen LogP contribution in [0.1, 0.15) is 5.76 Å². The lowest BCUT2D eigenvalue weighted by Gasteiger charge is -2.03. The number of hydrogen-bond donors (Lipinski definition) is 0. The number of halogens is 3. The lowest BCUT2D eigenvalue weighted by atomic mass is 10.0. The first-order chi connectivity index (χ1) is 12.5. The maximum Gasteiger partial charge on any atom is 0.143 e. The van der Waals surface area contributed by atoms with Crippen LogP contribution in [0, 0.1) is 6.92 Å². The van der Waals surface area contributed by atoms with Gasteiger partial charge < -0.3 is 4.52 Å². The van der Waals surface area contributed by atoms with Crippen LogP contribution in [0.15, 0.2) is 52.4 Å². The van der Waals surface area contributed by atoms with Crippen molar-refractivity contribution in [2.45, 2.75) is 6.92 Å². The molecule has 7 heteroatoms. The quantitative estimate of drug-likeness (QED) is 0.346. The van der Waals surface area contributed by atoms with E-state index in [4.69, 9.17) is 44.3 Å². The van der Waals surface area contributed by atoms with Crippen LogP contribution in [0.5, 0.6) is 0 Å². The second-order valence-corrected chi connectivity index (χ2v) is 7.77. The highest BCUT2D eigenvalue weighted by Crippen LogP contribution is 2.39. The lowest BCUT2D eigenvalue weighted by Crippen LogP contribution is -1.86. The molecule has 0 atom stereocenters. The van der Waals surface area contributed by atoms with Gasteiger partial charge in [-0.05, 0) is 37.3 Å². The molecular weight excluding hydrogens is 411 g/mol. The molecule has 0 unspecified atom stereocenters. The van der Waals surface area contributed by atoms with Crippen molar-refractivity contribution in [2.75, 3.05) is 0 Å². The van der Waals surface area contributed by atoms with E-state index < -0.39 is 0 Å². The van der Waals surface area contributed by atoms with E-state index in [2.05, 4.69) is 5.16 Å². The van der Waals surface area contributed by atoms with Gasteiger partial charge in [-0.15, -0.1) is 11.3 Å². The fourth-order valence-electron chi connectivity index (χ4n) is 2.65. The summed E-state index contributed by atoms with van der Waals surface area (Å²) in [6.45, 7) is 1.86. The van der Waals surface area contributed by atoms with Crippen molar-refractivity contribution in [1.29, 1.82) is 0 Å². The van der Waals surface area contributed by atoms with Gasteiger partial charge in [0.15, 0.2) is 0 Å². The molecule has 0 fully saturated rings. The molecule has 0 radical (unpaired) electrons. The summed E-state index contributed by atoms with van der Waals surface area (Å²) in [7, 11) is 0. The molecule has 130 valence electrons. The van der Waals surface area contributed by atoms with Gasteiger partial charge in [-0.1, -0.05) is 52.1 Å². The first-order valence-electron chi connectivity index (χ1n) is 7.66. The summed E-state index contributed by atoms with van der Waals surface area (Å²) < 4.78 is 5.43. The fraction of sp³-hybridized carbons (Fsp3) is 0.0526. The van der Waals surface area contributed by atoms with Gasteiger partial charge >= 0.3 is 0 Å². The van der Waals surface area contributed by atoms with Gasteiger partial charge in [-0.25, -0.2) is 4.98 Å². The average molecular weight is 422 g/mol. The topological polar surface area (TPSA) is 38.9 Å². The summed E-state index contributed by atoms with van der Waals surface area (Å²) in [5.74, 6) is 0.680. The molecule has 0 saturated heterocycles. The van der Waals surface area contributed by atoms with Gasteiger partial charge in [0, 0.05) is 26.6 Å². The largest absolute Gasteiger partial charge is 0.360 e. The normalized spacial score (nSPS) is 11.1. The Morgan fingerprint density at radius 3 is 2.42 bits per heavy atom. The number of aromatic nitrogens is 2. The highest BCUT2D eigenvalue weighted by molar-refractivity contribution is 7.13. The number of hydrogen-bond acceptors (Lipinski definition) is 4. The first-order valence-corrected chi connectivity index (χ1v) is 9.68. The highest BCUT2D eigenvalue weighted by atomic mass is 35.5. The third kappa shape index (κ3) is 3.26. The molecule has 0 aliphatic carbocycles.